The predicted molar refractivity (Wildman–Crippen MR) is 357 cm³/mol. The van der Waals surface area contributed by atoms with Gasteiger partial charge in [0.25, 0.3) is 0 Å². The smallest absolute Gasteiger partial charge is 0.305 e. The maximum atomic E-state index is 13.0. The van der Waals surface area contributed by atoms with Crippen LogP contribution in [0.5, 0.6) is 0 Å². The number of aliphatic hydroxyl groups excluding tert-OH is 5. The summed E-state index contributed by atoms with van der Waals surface area (Å²) in [4.78, 5) is 25.1. The lowest BCUT2D eigenvalue weighted by Crippen LogP contribution is -2.60. The molecule has 0 bridgehead atoms. The maximum absolute atomic E-state index is 13.0. The van der Waals surface area contributed by atoms with Gasteiger partial charge in [0, 0.05) is 12.8 Å². The molecule has 7 atom stereocenters. The summed E-state index contributed by atoms with van der Waals surface area (Å²) in [5.41, 5.74) is 0. The maximum Gasteiger partial charge on any atom is 0.305 e. The fourth-order valence-electron chi connectivity index (χ4n) is 11.4. The van der Waals surface area contributed by atoms with Gasteiger partial charge in [-0.05, 0) is 77.0 Å². The Kier molecular flexibility index (Phi) is 60.0. The molecule has 1 saturated heterocycles. The Bertz CT molecular complexity index is 1550. The van der Waals surface area contributed by atoms with E-state index >= 15 is 0 Å². The third kappa shape index (κ3) is 52.1. The zero-order valence-electron chi connectivity index (χ0n) is 55.3. The highest BCUT2D eigenvalue weighted by Gasteiger charge is 2.44. The molecule has 1 fully saturated rings. The summed E-state index contributed by atoms with van der Waals surface area (Å²) >= 11 is 0. The molecule has 0 spiro atoms. The monoisotopic (exact) mass is 1200 g/mol. The lowest BCUT2D eigenvalue weighted by Gasteiger charge is -2.40. The van der Waals surface area contributed by atoms with Crippen molar-refractivity contribution in [2.24, 2.45) is 0 Å². The summed E-state index contributed by atoms with van der Waals surface area (Å²) in [6.07, 6.45) is 72.8. The molecule has 85 heavy (non-hydrogen) atoms. The molecule has 0 radical (unpaired) electrons. The van der Waals surface area contributed by atoms with Crippen molar-refractivity contribution in [1.82, 2.24) is 5.32 Å². The number of hydrogen-bond acceptors (Lipinski definition) is 10. The van der Waals surface area contributed by atoms with E-state index in [4.69, 9.17) is 14.2 Å². The summed E-state index contributed by atoms with van der Waals surface area (Å²) < 4.78 is 16.7. The van der Waals surface area contributed by atoms with Crippen LogP contribution < -0.4 is 5.32 Å². The number of allylic oxidation sites excluding steroid dienone is 7. The molecule has 498 valence electrons. The van der Waals surface area contributed by atoms with Crippen molar-refractivity contribution in [3.05, 3.63) is 48.6 Å². The van der Waals surface area contributed by atoms with Gasteiger partial charge in [-0.3, -0.25) is 9.59 Å². The summed E-state index contributed by atoms with van der Waals surface area (Å²) in [7, 11) is 0. The Morgan fingerprint density at radius 1 is 0.424 bits per heavy atom. The summed E-state index contributed by atoms with van der Waals surface area (Å²) in [5.74, 6) is -0.181. The van der Waals surface area contributed by atoms with Crippen LogP contribution in [-0.4, -0.2) is 100 Å². The van der Waals surface area contributed by atoms with Gasteiger partial charge in [0.15, 0.2) is 6.29 Å². The number of hydrogen-bond donors (Lipinski definition) is 6. The van der Waals surface area contributed by atoms with E-state index in [1.807, 2.05) is 6.08 Å². The van der Waals surface area contributed by atoms with Crippen LogP contribution in [0.25, 0.3) is 0 Å². The van der Waals surface area contributed by atoms with Gasteiger partial charge in [0.2, 0.25) is 5.91 Å². The van der Waals surface area contributed by atoms with Crippen LogP contribution in [0.3, 0.4) is 0 Å². The van der Waals surface area contributed by atoms with Gasteiger partial charge in [-0.25, -0.2) is 0 Å². The minimum Gasteiger partial charge on any atom is -0.466 e. The van der Waals surface area contributed by atoms with E-state index in [0.717, 1.165) is 70.6 Å². The van der Waals surface area contributed by atoms with Crippen molar-refractivity contribution in [3.8, 4) is 0 Å². The molecule has 0 aromatic rings. The van der Waals surface area contributed by atoms with Crippen LogP contribution in [0.2, 0.25) is 0 Å². The van der Waals surface area contributed by atoms with E-state index < -0.39 is 49.5 Å². The van der Waals surface area contributed by atoms with Gasteiger partial charge < -0.3 is 45.1 Å². The lowest BCUT2D eigenvalue weighted by molar-refractivity contribution is -0.302. The molecule has 1 amide bonds. The molecule has 11 heteroatoms. The van der Waals surface area contributed by atoms with E-state index in [2.05, 4.69) is 55.6 Å². The quantitative estimate of drug-likeness (QED) is 0.0195. The van der Waals surface area contributed by atoms with Crippen LogP contribution in [0, 0.1) is 0 Å². The zero-order chi connectivity index (χ0) is 61.6. The second kappa shape index (κ2) is 63.2. The standard InChI is InChI=1S/C74H137NO10/c1-3-5-7-9-11-13-40-44-48-52-56-60-67(77)66(65-84-74-73(82)72(81)71(80)68(64-76)85-74)75-69(78)61-57-53-49-45-42-38-36-34-32-30-28-26-24-22-20-18-16-15-17-19-21-23-25-27-29-31-33-35-37-39-43-47-51-55-59-63-83-70(79)62-58-54-50-46-41-14-12-10-8-6-4-2/h7,9,17,19,40,44,56,60,66-68,71-74,76-77,80-82H,3-6,8,10-16,18,20-39,41-43,45-55,57-59,61-65H2,1-2H3,(H,75,78)/b9-7+,19-17-,44-40+,60-56+. The van der Waals surface area contributed by atoms with Crippen LogP contribution in [0.4, 0.5) is 0 Å². The zero-order valence-corrected chi connectivity index (χ0v) is 55.3. The Morgan fingerprint density at radius 2 is 0.788 bits per heavy atom. The number of unbranched alkanes of at least 4 members (excludes halogenated alkanes) is 44. The fraction of sp³-hybridized carbons (Fsp3) is 0.865. The normalized spacial score (nSPS) is 18.2. The van der Waals surface area contributed by atoms with Gasteiger partial charge in [-0.15, -0.1) is 0 Å². The van der Waals surface area contributed by atoms with Crippen molar-refractivity contribution in [2.75, 3.05) is 19.8 Å². The van der Waals surface area contributed by atoms with E-state index in [-0.39, 0.29) is 18.5 Å². The number of carbonyl (C=O) groups excluding carboxylic acids is 2. The molecule has 0 aromatic carbocycles. The van der Waals surface area contributed by atoms with E-state index in [9.17, 15) is 35.1 Å². The minimum absolute atomic E-state index is 0.0130. The molecule has 1 aliphatic heterocycles. The molecule has 0 saturated carbocycles. The number of rotatable bonds is 64. The summed E-state index contributed by atoms with van der Waals surface area (Å²) in [6, 6.07) is -0.832. The van der Waals surface area contributed by atoms with Gasteiger partial charge in [0.05, 0.1) is 32.0 Å². The molecule has 11 nitrogen and oxygen atoms in total. The van der Waals surface area contributed by atoms with E-state index in [1.54, 1.807) is 6.08 Å². The van der Waals surface area contributed by atoms with Crippen LogP contribution in [0.15, 0.2) is 48.6 Å². The van der Waals surface area contributed by atoms with Crippen molar-refractivity contribution in [2.45, 2.75) is 391 Å². The fourth-order valence-corrected chi connectivity index (χ4v) is 11.4. The molecule has 6 N–H and O–H groups in total. The first-order valence-electron chi connectivity index (χ1n) is 36.4. The van der Waals surface area contributed by atoms with Crippen molar-refractivity contribution in [1.29, 1.82) is 0 Å². The Balaban J connectivity index is 1.92. The number of amides is 1. The topological polar surface area (TPSA) is 175 Å². The van der Waals surface area contributed by atoms with Gasteiger partial charge >= 0.3 is 5.97 Å². The molecule has 1 heterocycles. The third-order valence-electron chi connectivity index (χ3n) is 17.1. The molecule has 7 unspecified atom stereocenters. The molecule has 0 aliphatic carbocycles. The molecule has 0 aromatic heterocycles. The van der Waals surface area contributed by atoms with Crippen LogP contribution >= 0.6 is 0 Å². The second-order valence-corrected chi connectivity index (χ2v) is 25.3. The number of esters is 1. The highest BCUT2D eigenvalue weighted by Crippen LogP contribution is 2.23. The SMILES string of the molecule is CCC/C=C/CC/C=C/CC/C=C/C(O)C(COC1OC(CO)C(O)C(O)C1O)NC(=O)CCCCCCCCCCCCCCCCCCC/C=C\CCCCCCCCCCCCCCCCOC(=O)CCCCCCCCCCCCC. The molecule has 1 rings (SSSR count). The average molecular weight is 1200 g/mol. The van der Waals surface area contributed by atoms with Gasteiger partial charge in [-0.1, -0.05) is 306 Å². The Labute approximate surface area is 523 Å². The Morgan fingerprint density at radius 3 is 1.21 bits per heavy atom. The number of carbonyl (C=O) groups is 2. The first-order chi connectivity index (χ1) is 41.7. The van der Waals surface area contributed by atoms with Crippen LogP contribution in [-0.2, 0) is 23.8 Å². The summed E-state index contributed by atoms with van der Waals surface area (Å²) in [5, 5.41) is 54.4. The van der Waals surface area contributed by atoms with Gasteiger partial charge in [0.1, 0.15) is 24.4 Å². The van der Waals surface area contributed by atoms with Crippen molar-refractivity contribution >= 4 is 11.9 Å². The highest BCUT2D eigenvalue weighted by molar-refractivity contribution is 5.76. The molecule has 1 aliphatic rings. The van der Waals surface area contributed by atoms with Crippen molar-refractivity contribution < 1.29 is 49.3 Å². The largest absolute Gasteiger partial charge is 0.466 e. The summed E-state index contributed by atoms with van der Waals surface area (Å²) in [6.45, 7) is 4.28. The third-order valence-corrected chi connectivity index (χ3v) is 17.1. The van der Waals surface area contributed by atoms with Crippen molar-refractivity contribution in [3.63, 3.8) is 0 Å². The average Bonchev–Trinajstić information content (AvgIpc) is 3.67. The molecular weight excluding hydrogens is 1060 g/mol. The van der Waals surface area contributed by atoms with E-state index in [1.165, 1.54) is 250 Å². The van der Waals surface area contributed by atoms with Crippen LogP contribution in [0.1, 0.15) is 348 Å². The first-order valence-corrected chi connectivity index (χ1v) is 36.4. The number of nitrogens with one attached hydrogen (secondary N) is 1. The number of aliphatic hydroxyl groups is 5. The number of ether oxygens (including phenoxy) is 3. The second-order valence-electron chi connectivity index (χ2n) is 25.3. The Hall–Kier alpha value is -2.38. The van der Waals surface area contributed by atoms with Gasteiger partial charge in [-0.2, -0.15) is 0 Å². The predicted octanol–water partition coefficient (Wildman–Crippen LogP) is 18.7. The minimum atomic E-state index is -1.58. The molecular formula is C74H137NO10. The first kappa shape index (κ1) is 80.6. The van der Waals surface area contributed by atoms with E-state index in [0.29, 0.717) is 19.4 Å². The highest BCUT2D eigenvalue weighted by atomic mass is 16.7. The lowest BCUT2D eigenvalue weighted by atomic mass is 9.99.